The van der Waals surface area contributed by atoms with Crippen molar-refractivity contribution in [2.24, 2.45) is 0 Å². The zero-order chi connectivity index (χ0) is 24.9. The molecule has 0 saturated carbocycles. The highest BCUT2D eigenvalue weighted by molar-refractivity contribution is 5.91. The molecule has 0 unspecified atom stereocenters. The Kier molecular flexibility index (Phi) is 12.0. The number of unbranched alkanes of at least 4 members (excludes halogenated alkanes) is 1. The molecule has 2 amide bonds. The molecule has 0 aromatic heterocycles. The number of carbonyl (C=O) groups is 4. The Labute approximate surface area is 195 Å². The molecule has 1 aromatic carbocycles. The van der Waals surface area contributed by atoms with Crippen LogP contribution < -0.4 is 5.32 Å². The molecule has 0 radical (unpaired) electrons. The van der Waals surface area contributed by atoms with Crippen LogP contribution in [0.4, 0.5) is 4.79 Å². The second-order valence-corrected chi connectivity index (χ2v) is 8.47. The Hall–Kier alpha value is -3.10. The summed E-state index contributed by atoms with van der Waals surface area (Å²) < 4.78 is 15.5. The zero-order valence-electron chi connectivity index (χ0n) is 20.2. The molecule has 0 heterocycles. The van der Waals surface area contributed by atoms with Gasteiger partial charge in [0.15, 0.2) is 0 Å². The highest BCUT2D eigenvalue weighted by atomic mass is 16.6. The van der Waals surface area contributed by atoms with Crippen LogP contribution >= 0.6 is 0 Å². The number of nitrogens with zero attached hydrogens (tertiary/aromatic N) is 1. The lowest BCUT2D eigenvalue weighted by atomic mass is 10.1. The van der Waals surface area contributed by atoms with Crippen LogP contribution in [-0.2, 0) is 35.2 Å². The SMILES string of the molecule is CCCCN(CC(=O)OCC)C(=O)[C@H](CC(=O)OC(C)(C)C)NC(=O)OCc1ccccc1. The van der Waals surface area contributed by atoms with Crippen molar-refractivity contribution < 1.29 is 33.4 Å². The van der Waals surface area contributed by atoms with Crippen molar-refractivity contribution in [3.05, 3.63) is 35.9 Å². The maximum atomic E-state index is 13.2. The molecule has 0 aliphatic carbocycles. The molecule has 9 nitrogen and oxygen atoms in total. The lowest BCUT2D eigenvalue weighted by molar-refractivity contribution is -0.157. The van der Waals surface area contributed by atoms with Gasteiger partial charge in [0.25, 0.3) is 0 Å². The van der Waals surface area contributed by atoms with Crippen molar-refractivity contribution in [2.45, 2.75) is 72.1 Å². The Morgan fingerprint density at radius 2 is 1.67 bits per heavy atom. The third kappa shape index (κ3) is 11.9. The van der Waals surface area contributed by atoms with Crippen LogP contribution in [0.1, 0.15) is 59.4 Å². The molecule has 0 fully saturated rings. The van der Waals surface area contributed by atoms with Gasteiger partial charge in [-0.3, -0.25) is 14.4 Å². The summed E-state index contributed by atoms with van der Waals surface area (Å²) in [6.45, 7) is 8.92. The van der Waals surface area contributed by atoms with E-state index in [1.54, 1.807) is 39.8 Å². The fourth-order valence-electron chi connectivity index (χ4n) is 2.86. The maximum Gasteiger partial charge on any atom is 0.408 e. The molecular weight excluding hydrogens is 428 g/mol. The summed E-state index contributed by atoms with van der Waals surface area (Å²) in [5, 5.41) is 2.46. The largest absolute Gasteiger partial charge is 0.465 e. The molecule has 1 rings (SSSR count). The number of amides is 2. The van der Waals surface area contributed by atoms with Crippen LogP contribution in [0.2, 0.25) is 0 Å². The quantitative estimate of drug-likeness (QED) is 0.373. The third-order valence-electron chi connectivity index (χ3n) is 4.31. The number of ether oxygens (including phenoxy) is 3. The van der Waals surface area contributed by atoms with E-state index >= 15 is 0 Å². The fraction of sp³-hybridized carbons (Fsp3) is 0.583. The first-order chi connectivity index (χ1) is 15.6. The standard InChI is InChI=1S/C24H36N2O7/c1-6-8-14-26(16-21(28)31-7-2)22(29)19(15-20(27)33-24(3,4)5)25-23(30)32-17-18-12-10-9-11-13-18/h9-13,19H,6-8,14-17H2,1-5H3,(H,25,30)/t19-/m0/s1. The van der Waals surface area contributed by atoms with E-state index in [0.717, 1.165) is 12.0 Å². The maximum absolute atomic E-state index is 13.2. The minimum absolute atomic E-state index is 0.00238. The number of carbonyl (C=O) groups excluding carboxylic acids is 4. The third-order valence-corrected chi connectivity index (χ3v) is 4.31. The number of hydrogen-bond acceptors (Lipinski definition) is 7. The lowest BCUT2D eigenvalue weighted by Crippen LogP contribution is -2.51. The molecule has 33 heavy (non-hydrogen) atoms. The Morgan fingerprint density at radius 3 is 2.24 bits per heavy atom. The summed E-state index contributed by atoms with van der Waals surface area (Å²) in [6.07, 6.45) is 0.174. The second-order valence-electron chi connectivity index (χ2n) is 8.47. The van der Waals surface area contributed by atoms with Crippen LogP contribution in [0.3, 0.4) is 0 Å². The minimum atomic E-state index is -1.26. The van der Waals surface area contributed by atoms with Crippen molar-refractivity contribution in [2.75, 3.05) is 19.7 Å². The molecule has 0 bridgehead atoms. The molecule has 1 N–H and O–H groups in total. The summed E-state index contributed by atoms with van der Waals surface area (Å²) >= 11 is 0. The lowest BCUT2D eigenvalue weighted by Gasteiger charge is -2.27. The van der Waals surface area contributed by atoms with Crippen LogP contribution in [-0.4, -0.2) is 60.2 Å². The van der Waals surface area contributed by atoms with E-state index in [1.165, 1.54) is 4.90 Å². The van der Waals surface area contributed by atoms with Gasteiger partial charge in [-0.15, -0.1) is 0 Å². The van der Waals surface area contributed by atoms with Crippen LogP contribution in [0.25, 0.3) is 0 Å². The van der Waals surface area contributed by atoms with E-state index in [9.17, 15) is 19.2 Å². The monoisotopic (exact) mass is 464 g/mol. The first-order valence-corrected chi connectivity index (χ1v) is 11.2. The van der Waals surface area contributed by atoms with Gasteiger partial charge in [0, 0.05) is 6.54 Å². The number of esters is 2. The van der Waals surface area contributed by atoms with E-state index in [-0.39, 0.29) is 26.3 Å². The van der Waals surface area contributed by atoms with Gasteiger partial charge in [0.2, 0.25) is 5.91 Å². The normalized spacial score (nSPS) is 11.8. The summed E-state index contributed by atoms with van der Waals surface area (Å²) in [4.78, 5) is 51.4. The van der Waals surface area contributed by atoms with Gasteiger partial charge in [-0.05, 0) is 39.7 Å². The highest BCUT2D eigenvalue weighted by Crippen LogP contribution is 2.12. The van der Waals surface area contributed by atoms with Crippen molar-refractivity contribution in [3.8, 4) is 0 Å². The van der Waals surface area contributed by atoms with Crippen LogP contribution in [0, 0.1) is 0 Å². The molecular formula is C24H36N2O7. The number of rotatable bonds is 12. The summed E-state index contributed by atoms with van der Waals surface area (Å²) in [7, 11) is 0. The van der Waals surface area contributed by atoms with Gasteiger partial charge < -0.3 is 24.4 Å². The van der Waals surface area contributed by atoms with Crippen molar-refractivity contribution >= 4 is 23.9 Å². The van der Waals surface area contributed by atoms with E-state index < -0.39 is 42.0 Å². The Bertz CT molecular complexity index is 775. The van der Waals surface area contributed by atoms with Gasteiger partial charge in [-0.2, -0.15) is 0 Å². The Balaban J connectivity index is 2.96. The number of nitrogens with one attached hydrogen (secondary N) is 1. The van der Waals surface area contributed by atoms with E-state index in [2.05, 4.69) is 5.32 Å². The summed E-state index contributed by atoms with van der Waals surface area (Å²) in [5.41, 5.74) is 0.0141. The first-order valence-electron chi connectivity index (χ1n) is 11.2. The van der Waals surface area contributed by atoms with Crippen molar-refractivity contribution in [1.82, 2.24) is 10.2 Å². The first kappa shape index (κ1) is 27.9. The van der Waals surface area contributed by atoms with Gasteiger partial charge in [0.1, 0.15) is 24.8 Å². The van der Waals surface area contributed by atoms with Crippen molar-refractivity contribution in [3.63, 3.8) is 0 Å². The molecule has 0 spiro atoms. The Morgan fingerprint density at radius 1 is 1.00 bits per heavy atom. The number of hydrogen-bond donors (Lipinski definition) is 1. The fourth-order valence-corrected chi connectivity index (χ4v) is 2.86. The molecule has 0 aliphatic heterocycles. The topological polar surface area (TPSA) is 111 Å². The second kappa shape index (κ2) is 14.1. The highest BCUT2D eigenvalue weighted by Gasteiger charge is 2.31. The summed E-state index contributed by atoms with van der Waals surface area (Å²) in [5.74, 6) is -1.81. The molecule has 1 atom stereocenters. The molecule has 0 saturated heterocycles. The minimum Gasteiger partial charge on any atom is -0.465 e. The average Bonchev–Trinajstić information content (AvgIpc) is 2.74. The van der Waals surface area contributed by atoms with Gasteiger partial charge in [-0.25, -0.2) is 4.79 Å². The van der Waals surface area contributed by atoms with Crippen LogP contribution in [0.5, 0.6) is 0 Å². The van der Waals surface area contributed by atoms with Crippen LogP contribution in [0.15, 0.2) is 30.3 Å². The summed E-state index contributed by atoms with van der Waals surface area (Å²) in [6, 6.07) is 7.80. The number of benzene rings is 1. The number of alkyl carbamates (subject to hydrolysis) is 1. The molecule has 9 heteroatoms. The average molecular weight is 465 g/mol. The molecule has 0 aliphatic rings. The molecule has 1 aromatic rings. The molecule has 184 valence electrons. The van der Waals surface area contributed by atoms with E-state index in [1.807, 2.05) is 25.1 Å². The van der Waals surface area contributed by atoms with E-state index in [0.29, 0.717) is 6.42 Å². The van der Waals surface area contributed by atoms with Gasteiger partial charge in [-0.1, -0.05) is 43.7 Å². The predicted molar refractivity (Wildman–Crippen MR) is 122 cm³/mol. The van der Waals surface area contributed by atoms with Gasteiger partial charge >= 0.3 is 18.0 Å². The predicted octanol–water partition coefficient (Wildman–Crippen LogP) is 3.21. The van der Waals surface area contributed by atoms with Crippen molar-refractivity contribution in [1.29, 1.82) is 0 Å². The smallest absolute Gasteiger partial charge is 0.408 e. The zero-order valence-corrected chi connectivity index (χ0v) is 20.2. The van der Waals surface area contributed by atoms with Gasteiger partial charge in [0.05, 0.1) is 13.0 Å². The van der Waals surface area contributed by atoms with E-state index in [4.69, 9.17) is 14.2 Å².